The van der Waals surface area contributed by atoms with Crippen LogP contribution in [0.1, 0.15) is 5.56 Å². The van der Waals surface area contributed by atoms with Gasteiger partial charge in [0.2, 0.25) is 5.13 Å². The van der Waals surface area contributed by atoms with Crippen LogP contribution in [0.2, 0.25) is 0 Å². The Morgan fingerprint density at radius 3 is 3.10 bits per heavy atom. The molecule has 0 amide bonds. The van der Waals surface area contributed by atoms with Crippen molar-refractivity contribution in [2.45, 2.75) is 0 Å². The van der Waals surface area contributed by atoms with E-state index in [1.807, 2.05) is 6.07 Å². The molecule has 100 valence electrons. The highest BCUT2D eigenvalue weighted by Gasteiger charge is 2.03. The standard InChI is InChI=1S/C13H10FN5S/c14-10-5-11-8(2-1-3-16-11)4-9(10)6-17-19-13-18-12(15)7-20-13/h1-7H,15H2,(H,18,19). The lowest BCUT2D eigenvalue weighted by atomic mass is 10.1. The first-order valence-corrected chi connectivity index (χ1v) is 6.65. The minimum absolute atomic E-state index is 0.375. The van der Waals surface area contributed by atoms with Crippen LogP contribution < -0.4 is 11.2 Å². The van der Waals surface area contributed by atoms with Gasteiger partial charge in [-0.3, -0.25) is 10.4 Å². The molecule has 3 N–H and O–H groups in total. The molecule has 0 unspecified atom stereocenters. The van der Waals surface area contributed by atoms with Crippen LogP contribution in [0, 0.1) is 5.82 Å². The molecular weight excluding hydrogens is 277 g/mol. The number of nitrogen functional groups attached to an aromatic ring is 1. The number of rotatable bonds is 3. The van der Waals surface area contributed by atoms with E-state index >= 15 is 0 Å². The van der Waals surface area contributed by atoms with Gasteiger partial charge in [0.1, 0.15) is 11.6 Å². The van der Waals surface area contributed by atoms with E-state index in [0.717, 1.165) is 5.39 Å². The maximum Gasteiger partial charge on any atom is 0.205 e. The van der Waals surface area contributed by atoms with Gasteiger partial charge in [-0.2, -0.15) is 5.10 Å². The Hall–Kier alpha value is -2.54. The molecule has 0 saturated heterocycles. The number of nitrogens with two attached hydrogens (primary N) is 1. The first-order valence-electron chi connectivity index (χ1n) is 5.77. The first kappa shape index (κ1) is 12.5. The van der Waals surface area contributed by atoms with Crippen molar-refractivity contribution in [3.63, 3.8) is 0 Å². The molecule has 0 radical (unpaired) electrons. The molecule has 0 spiro atoms. The summed E-state index contributed by atoms with van der Waals surface area (Å²) in [5, 5.41) is 7.06. The Morgan fingerprint density at radius 1 is 1.40 bits per heavy atom. The van der Waals surface area contributed by atoms with Gasteiger partial charge in [0, 0.05) is 28.6 Å². The SMILES string of the molecule is Nc1csc(NN=Cc2cc3cccnc3cc2F)n1. The summed E-state index contributed by atoms with van der Waals surface area (Å²) in [5.74, 6) is 0.0519. The summed E-state index contributed by atoms with van der Waals surface area (Å²) in [5.41, 5.74) is 9.18. The van der Waals surface area contributed by atoms with Crippen molar-refractivity contribution in [1.29, 1.82) is 0 Å². The summed E-state index contributed by atoms with van der Waals surface area (Å²) >= 11 is 1.33. The number of hydrogen-bond acceptors (Lipinski definition) is 6. The van der Waals surface area contributed by atoms with Crippen molar-refractivity contribution in [2.24, 2.45) is 5.10 Å². The number of thiazole rings is 1. The normalized spacial score (nSPS) is 11.2. The number of fused-ring (bicyclic) bond motifs is 1. The molecule has 20 heavy (non-hydrogen) atoms. The van der Waals surface area contributed by atoms with E-state index in [1.54, 1.807) is 23.7 Å². The van der Waals surface area contributed by atoms with E-state index in [2.05, 4.69) is 20.5 Å². The Balaban J connectivity index is 1.84. The van der Waals surface area contributed by atoms with E-state index in [1.165, 1.54) is 23.6 Å². The van der Waals surface area contributed by atoms with Crippen molar-refractivity contribution in [3.05, 3.63) is 47.2 Å². The van der Waals surface area contributed by atoms with Gasteiger partial charge in [-0.05, 0) is 12.1 Å². The molecule has 7 heteroatoms. The van der Waals surface area contributed by atoms with Gasteiger partial charge in [-0.25, -0.2) is 9.37 Å². The lowest BCUT2D eigenvalue weighted by molar-refractivity contribution is 0.627. The third-order valence-corrected chi connectivity index (χ3v) is 3.37. The zero-order valence-corrected chi connectivity index (χ0v) is 11.1. The number of nitrogens with one attached hydrogen (secondary N) is 1. The van der Waals surface area contributed by atoms with Crippen LogP contribution in [-0.2, 0) is 0 Å². The molecule has 3 rings (SSSR count). The third kappa shape index (κ3) is 2.57. The van der Waals surface area contributed by atoms with Crippen LogP contribution in [0.25, 0.3) is 10.9 Å². The summed E-state index contributed by atoms with van der Waals surface area (Å²) in [4.78, 5) is 8.07. The lowest BCUT2D eigenvalue weighted by Crippen LogP contribution is -1.94. The minimum Gasteiger partial charge on any atom is -0.383 e. The second-order valence-corrected chi connectivity index (χ2v) is 4.88. The molecule has 0 bridgehead atoms. The van der Waals surface area contributed by atoms with Crippen molar-refractivity contribution >= 4 is 39.4 Å². The van der Waals surface area contributed by atoms with E-state index in [-0.39, 0.29) is 5.82 Å². The van der Waals surface area contributed by atoms with Gasteiger partial charge < -0.3 is 5.73 Å². The number of anilines is 2. The van der Waals surface area contributed by atoms with Gasteiger partial charge in [-0.15, -0.1) is 11.3 Å². The molecular formula is C13H10FN5S. The second kappa shape index (κ2) is 5.22. The quantitative estimate of drug-likeness (QED) is 0.573. The van der Waals surface area contributed by atoms with Gasteiger partial charge in [0.15, 0.2) is 0 Å². The van der Waals surface area contributed by atoms with Crippen LogP contribution in [0.3, 0.4) is 0 Å². The predicted molar refractivity (Wildman–Crippen MR) is 79.4 cm³/mol. The van der Waals surface area contributed by atoms with Crippen molar-refractivity contribution < 1.29 is 4.39 Å². The molecule has 0 fully saturated rings. The summed E-state index contributed by atoms with van der Waals surface area (Å²) in [6.45, 7) is 0. The summed E-state index contributed by atoms with van der Waals surface area (Å²) in [6.07, 6.45) is 3.03. The highest BCUT2D eigenvalue weighted by atomic mass is 32.1. The van der Waals surface area contributed by atoms with Crippen LogP contribution in [0.15, 0.2) is 40.9 Å². The summed E-state index contributed by atoms with van der Waals surface area (Å²) in [6, 6.07) is 6.75. The van der Waals surface area contributed by atoms with Gasteiger partial charge >= 0.3 is 0 Å². The highest BCUT2D eigenvalue weighted by Crippen LogP contribution is 2.17. The fourth-order valence-corrected chi connectivity index (χ4v) is 2.25. The number of nitrogens with zero attached hydrogens (tertiary/aromatic N) is 3. The summed E-state index contributed by atoms with van der Waals surface area (Å²) < 4.78 is 13.9. The third-order valence-electron chi connectivity index (χ3n) is 2.61. The molecule has 5 nitrogen and oxygen atoms in total. The first-order chi connectivity index (χ1) is 9.72. The Labute approximate surface area is 118 Å². The average molecular weight is 287 g/mol. The van der Waals surface area contributed by atoms with E-state index in [4.69, 9.17) is 5.73 Å². The molecule has 2 heterocycles. The van der Waals surface area contributed by atoms with Crippen molar-refractivity contribution in [3.8, 4) is 0 Å². The molecule has 0 aliphatic rings. The number of hydrazone groups is 1. The number of pyridine rings is 1. The Bertz CT molecular complexity index is 783. The van der Waals surface area contributed by atoms with Crippen molar-refractivity contribution in [2.75, 3.05) is 11.2 Å². The monoisotopic (exact) mass is 287 g/mol. The largest absolute Gasteiger partial charge is 0.383 e. The van der Waals surface area contributed by atoms with Gasteiger partial charge in [0.05, 0.1) is 11.7 Å². The number of halogens is 1. The van der Waals surface area contributed by atoms with Crippen LogP contribution in [0.4, 0.5) is 15.3 Å². The molecule has 2 aromatic heterocycles. The molecule has 0 aliphatic carbocycles. The lowest BCUT2D eigenvalue weighted by Gasteiger charge is -2.00. The average Bonchev–Trinajstić information content (AvgIpc) is 2.85. The van der Waals surface area contributed by atoms with Gasteiger partial charge in [0.25, 0.3) is 0 Å². The molecule has 0 aliphatic heterocycles. The fourth-order valence-electron chi connectivity index (χ4n) is 1.71. The van der Waals surface area contributed by atoms with E-state index in [9.17, 15) is 4.39 Å². The van der Waals surface area contributed by atoms with Gasteiger partial charge in [-0.1, -0.05) is 6.07 Å². The van der Waals surface area contributed by atoms with Crippen molar-refractivity contribution in [1.82, 2.24) is 9.97 Å². The molecule has 0 saturated carbocycles. The Kier molecular flexibility index (Phi) is 3.26. The maximum absolute atomic E-state index is 13.9. The zero-order valence-electron chi connectivity index (χ0n) is 10.2. The maximum atomic E-state index is 13.9. The predicted octanol–water partition coefficient (Wildman–Crippen LogP) is 2.86. The molecule has 3 aromatic rings. The number of benzene rings is 1. The second-order valence-electron chi connectivity index (χ2n) is 4.02. The van der Waals surface area contributed by atoms with Crippen LogP contribution in [-0.4, -0.2) is 16.2 Å². The number of hydrogen-bond donors (Lipinski definition) is 2. The topological polar surface area (TPSA) is 76.2 Å². The summed E-state index contributed by atoms with van der Waals surface area (Å²) in [7, 11) is 0. The van der Waals surface area contributed by atoms with E-state index < -0.39 is 0 Å². The van der Waals surface area contributed by atoms with E-state index in [0.29, 0.717) is 22.0 Å². The minimum atomic E-state index is -0.375. The zero-order chi connectivity index (χ0) is 13.9. The number of aromatic nitrogens is 2. The Morgan fingerprint density at radius 2 is 2.30 bits per heavy atom. The fraction of sp³-hybridized carbons (Fsp3) is 0. The smallest absolute Gasteiger partial charge is 0.205 e. The molecule has 0 atom stereocenters. The highest BCUT2D eigenvalue weighted by molar-refractivity contribution is 7.14. The van der Waals surface area contributed by atoms with Crippen LogP contribution >= 0.6 is 11.3 Å². The molecule has 1 aromatic carbocycles. The van der Waals surface area contributed by atoms with Crippen LogP contribution in [0.5, 0.6) is 0 Å².